The third-order valence-corrected chi connectivity index (χ3v) is 4.55. The minimum Gasteiger partial charge on any atom is -0.386 e. The van der Waals surface area contributed by atoms with E-state index in [0.717, 1.165) is 0 Å². The van der Waals surface area contributed by atoms with Gasteiger partial charge in [0.25, 0.3) is 5.54 Å². The molecule has 0 unspecified atom stereocenters. The van der Waals surface area contributed by atoms with Crippen molar-refractivity contribution in [3.05, 3.63) is 10.1 Å². The Hall–Kier alpha value is -0.880. The molecule has 10 heteroatoms. The maximum absolute atomic E-state index is 11.7. The number of hydrogen-bond acceptors (Lipinski definition) is 9. The second-order valence-electron chi connectivity index (χ2n) is 6.77. The number of fused-ring (bicyclic) bond motifs is 15. The fourth-order valence-electron chi connectivity index (χ4n) is 3.03. The SMILES string of the molecule is O=[N+]([O-])C12CNCCNCC(O)(CNCCNC1)CNCCNC2. The van der Waals surface area contributed by atoms with Gasteiger partial charge in [0.05, 0.1) is 19.6 Å². The third-order valence-electron chi connectivity index (χ3n) is 4.55. The lowest BCUT2D eigenvalue weighted by Gasteiger charge is -2.32. The number of nitro groups is 1. The third kappa shape index (κ3) is 5.88. The zero-order valence-corrected chi connectivity index (χ0v) is 14.2. The molecular formula is C14H31N7O3. The summed E-state index contributed by atoms with van der Waals surface area (Å²) in [5.74, 6) is 0. The first-order chi connectivity index (χ1) is 11.6. The van der Waals surface area contributed by atoms with Crippen LogP contribution in [0.25, 0.3) is 0 Å². The van der Waals surface area contributed by atoms with E-state index < -0.39 is 11.1 Å². The van der Waals surface area contributed by atoms with Gasteiger partial charge in [0.1, 0.15) is 5.60 Å². The summed E-state index contributed by atoms with van der Waals surface area (Å²) in [6.45, 7) is 6.10. The minimum absolute atomic E-state index is 0.176. The molecule has 3 saturated heterocycles. The molecule has 0 aromatic carbocycles. The van der Waals surface area contributed by atoms with Gasteiger partial charge in [0.15, 0.2) is 0 Å². The molecule has 7 N–H and O–H groups in total. The van der Waals surface area contributed by atoms with Crippen molar-refractivity contribution in [1.82, 2.24) is 31.9 Å². The summed E-state index contributed by atoms with van der Waals surface area (Å²) in [5.41, 5.74) is -1.94. The Labute approximate surface area is 142 Å². The quantitative estimate of drug-likeness (QED) is 0.189. The number of rotatable bonds is 1. The molecule has 0 amide bonds. The van der Waals surface area contributed by atoms with Crippen LogP contribution in [0.2, 0.25) is 0 Å². The predicted octanol–water partition coefficient (Wildman–Crippen LogP) is -3.70. The number of nitrogens with one attached hydrogen (secondary N) is 6. The number of nitrogens with zero attached hydrogens (tertiary/aromatic N) is 1. The molecule has 0 spiro atoms. The summed E-state index contributed by atoms with van der Waals surface area (Å²) in [5, 5.41) is 41.8. The van der Waals surface area contributed by atoms with Gasteiger partial charge in [0, 0.05) is 63.8 Å². The summed E-state index contributed by atoms with van der Waals surface area (Å²) in [4.78, 5) is 11.6. The molecule has 3 aliphatic rings. The summed E-state index contributed by atoms with van der Waals surface area (Å²) in [6, 6.07) is 0. The highest BCUT2D eigenvalue weighted by molar-refractivity contribution is 4.90. The maximum atomic E-state index is 11.7. The molecule has 0 aromatic heterocycles. The number of aliphatic hydroxyl groups is 1. The molecule has 10 nitrogen and oxygen atoms in total. The molecule has 0 atom stereocenters. The van der Waals surface area contributed by atoms with E-state index >= 15 is 0 Å². The van der Waals surface area contributed by atoms with Crippen LogP contribution < -0.4 is 31.9 Å². The molecule has 3 fully saturated rings. The van der Waals surface area contributed by atoms with Crippen LogP contribution in [-0.4, -0.2) is 99.7 Å². The monoisotopic (exact) mass is 345 g/mol. The van der Waals surface area contributed by atoms with Crippen LogP contribution in [0.1, 0.15) is 0 Å². The zero-order chi connectivity index (χ0) is 17.3. The minimum atomic E-state index is -1.07. The van der Waals surface area contributed by atoms with Crippen molar-refractivity contribution < 1.29 is 10.0 Å². The Bertz CT molecular complexity index is 353. The van der Waals surface area contributed by atoms with Crippen molar-refractivity contribution in [3.8, 4) is 0 Å². The second-order valence-corrected chi connectivity index (χ2v) is 6.77. The van der Waals surface area contributed by atoms with Gasteiger partial charge in [-0.3, -0.25) is 10.1 Å². The van der Waals surface area contributed by atoms with E-state index in [1.165, 1.54) is 0 Å². The van der Waals surface area contributed by atoms with E-state index in [4.69, 9.17) is 0 Å². The lowest BCUT2D eigenvalue weighted by molar-refractivity contribution is -0.563. The van der Waals surface area contributed by atoms with Crippen LogP contribution in [0, 0.1) is 10.1 Å². The number of hydrogen-bond donors (Lipinski definition) is 7. The molecule has 3 heterocycles. The average Bonchev–Trinajstić information content (AvgIpc) is 2.55. The van der Waals surface area contributed by atoms with Crippen molar-refractivity contribution in [2.24, 2.45) is 0 Å². The summed E-state index contributed by atoms with van der Waals surface area (Å²) >= 11 is 0. The highest BCUT2D eigenvalue weighted by atomic mass is 16.6. The predicted molar refractivity (Wildman–Crippen MR) is 91.9 cm³/mol. The Morgan fingerprint density at radius 1 is 0.667 bits per heavy atom. The van der Waals surface area contributed by atoms with Crippen LogP contribution in [0.15, 0.2) is 0 Å². The molecule has 140 valence electrons. The van der Waals surface area contributed by atoms with Crippen LogP contribution in [-0.2, 0) is 0 Å². The summed E-state index contributed by atoms with van der Waals surface area (Å²) in [6.07, 6.45) is 0. The highest BCUT2D eigenvalue weighted by Crippen LogP contribution is 2.08. The van der Waals surface area contributed by atoms with Crippen molar-refractivity contribution >= 4 is 0 Å². The Morgan fingerprint density at radius 3 is 1.25 bits per heavy atom. The molecule has 3 rings (SSSR count). The largest absolute Gasteiger partial charge is 0.386 e. The van der Waals surface area contributed by atoms with Gasteiger partial charge in [-0.2, -0.15) is 0 Å². The molecular weight excluding hydrogens is 314 g/mol. The van der Waals surface area contributed by atoms with E-state index in [-0.39, 0.29) is 4.92 Å². The first kappa shape index (κ1) is 19.4. The summed E-state index contributed by atoms with van der Waals surface area (Å²) < 4.78 is 0. The van der Waals surface area contributed by atoms with Crippen molar-refractivity contribution in [2.45, 2.75) is 11.1 Å². The van der Waals surface area contributed by atoms with E-state index in [0.29, 0.717) is 78.5 Å². The van der Waals surface area contributed by atoms with Crippen molar-refractivity contribution in [3.63, 3.8) is 0 Å². The van der Waals surface area contributed by atoms with Crippen molar-refractivity contribution in [1.29, 1.82) is 0 Å². The highest BCUT2D eigenvalue weighted by Gasteiger charge is 2.42. The molecule has 3 aliphatic heterocycles. The Kier molecular flexibility index (Phi) is 7.75. The van der Waals surface area contributed by atoms with E-state index in [1.54, 1.807) is 0 Å². The Morgan fingerprint density at radius 2 is 0.958 bits per heavy atom. The smallest absolute Gasteiger partial charge is 0.258 e. The van der Waals surface area contributed by atoms with Gasteiger partial charge in [-0.05, 0) is 0 Å². The zero-order valence-electron chi connectivity index (χ0n) is 14.2. The summed E-state index contributed by atoms with van der Waals surface area (Å²) in [7, 11) is 0. The molecule has 0 aromatic rings. The molecule has 0 saturated carbocycles. The van der Waals surface area contributed by atoms with E-state index in [1.807, 2.05) is 0 Å². The van der Waals surface area contributed by atoms with Crippen LogP contribution in [0.4, 0.5) is 0 Å². The van der Waals surface area contributed by atoms with Gasteiger partial charge in [-0.25, -0.2) is 0 Å². The van der Waals surface area contributed by atoms with Crippen LogP contribution in [0.5, 0.6) is 0 Å². The molecule has 2 bridgehead atoms. The first-order valence-corrected chi connectivity index (χ1v) is 8.68. The van der Waals surface area contributed by atoms with E-state index in [9.17, 15) is 15.2 Å². The fraction of sp³-hybridized carbons (Fsp3) is 1.00. The maximum Gasteiger partial charge on any atom is 0.258 e. The molecule has 0 radical (unpaired) electrons. The lowest BCUT2D eigenvalue weighted by atomic mass is 9.99. The van der Waals surface area contributed by atoms with E-state index in [2.05, 4.69) is 31.9 Å². The average molecular weight is 345 g/mol. The van der Waals surface area contributed by atoms with Crippen LogP contribution >= 0.6 is 0 Å². The normalized spacial score (nSPS) is 35.0. The van der Waals surface area contributed by atoms with Gasteiger partial charge in [0.2, 0.25) is 0 Å². The van der Waals surface area contributed by atoms with Gasteiger partial charge in [-0.1, -0.05) is 0 Å². The van der Waals surface area contributed by atoms with Gasteiger partial charge in [-0.15, -0.1) is 0 Å². The second kappa shape index (κ2) is 9.56. The Balaban J connectivity index is 2.12. The standard InChI is InChI=1S/C14H31N7O3/c22-14-10-18-4-1-15-7-13(21(23)24,8-16-2-5-19-11-14)9-17-3-6-20-12-14/h15-20,22H,1-12H2. The van der Waals surface area contributed by atoms with Gasteiger partial charge < -0.3 is 37.0 Å². The van der Waals surface area contributed by atoms with Crippen molar-refractivity contribution in [2.75, 3.05) is 78.5 Å². The fourth-order valence-corrected chi connectivity index (χ4v) is 3.03. The van der Waals surface area contributed by atoms with Crippen LogP contribution in [0.3, 0.4) is 0 Å². The topological polar surface area (TPSA) is 136 Å². The molecule has 24 heavy (non-hydrogen) atoms. The van der Waals surface area contributed by atoms with Gasteiger partial charge >= 0.3 is 0 Å². The molecule has 0 aliphatic carbocycles. The first-order valence-electron chi connectivity index (χ1n) is 8.68. The lowest BCUT2D eigenvalue weighted by Crippen LogP contribution is -2.62.